The van der Waals surface area contributed by atoms with E-state index in [4.69, 9.17) is 11.6 Å². The number of amides is 1. The molecule has 2 atom stereocenters. The highest BCUT2D eigenvalue weighted by molar-refractivity contribution is 6.31. The van der Waals surface area contributed by atoms with Crippen LogP contribution in [0, 0.1) is 0 Å². The van der Waals surface area contributed by atoms with Crippen LogP contribution in [0.2, 0.25) is 5.02 Å². The van der Waals surface area contributed by atoms with Gasteiger partial charge in [-0.2, -0.15) is 0 Å². The smallest absolute Gasteiger partial charge is 0.224 e. The first-order valence-corrected chi connectivity index (χ1v) is 8.40. The summed E-state index contributed by atoms with van der Waals surface area (Å²) in [5.41, 5.74) is 1.69. The molecule has 0 bridgehead atoms. The Balaban J connectivity index is 1.70. The van der Waals surface area contributed by atoms with Crippen molar-refractivity contribution >= 4 is 17.5 Å². The number of hydrogen-bond donors (Lipinski definition) is 3. The molecule has 0 fully saturated rings. The molecule has 24 heavy (non-hydrogen) atoms. The van der Waals surface area contributed by atoms with E-state index < -0.39 is 6.10 Å². The van der Waals surface area contributed by atoms with E-state index in [9.17, 15) is 9.90 Å². The molecule has 0 aliphatic heterocycles. The molecule has 0 spiro atoms. The fraction of sp³-hybridized carbons (Fsp3) is 0.316. The molecule has 0 heterocycles. The van der Waals surface area contributed by atoms with Crippen molar-refractivity contribution in [1.82, 2.24) is 10.6 Å². The van der Waals surface area contributed by atoms with Gasteiger partial charge >= 0.3 is 0 Å². The predicted molar refractivity (Wildman–Crippen MR) is 97.0 cm³/mol. The monoisotopic (exact) mass is 346 g/mol. The average molecular weight is 347 g/mol. The van der Waals surface area contributed by atoms with Gasteiger partial charge in [-0.15, -0.1) is 0 Å². The Bertz CT molecular complexity index is 649. The van der Waals surface area contributed by atoms with Crippen LogP contribution in [0.15, 0.2) is 54.6 Å². The second-order valence-electron chi connectivity index (χ2n) is 5.81. The summed E-state index contributed by atoms with van der Waals surface area (Å²) in [4.78, 5) is 12.0. The van der Waals surface area contributed by atoms with Gasteiger partial charge in [-0.25, -0.2) is 0 Å². The minimum absolute atomic E-state index is 0.0542. The Kier molecular flexibility index (Phi) is 7.25. The molecule has 2 aromatic rings. The van der Waals surface area contributed by atoms with Gasteiger partial charge < -0.3 is 15.7 Å². The number of carbonyl (C=O) groups is 1. The predicted octanol–water partition coefficient (Wildman–Crippen LogP) is 2.71. The molecule has 0 radical (unpaired) electrons. The Morgan fingerprint density at radius 3 is 2.46 bits per heavy atom. The molecular formula is C19H23ClN2O2. The number of nitrogens with one attached hydrogen (secondary N) is 2. The van der Waals surface area contributed by atoms with E-state index in [2.05, 4.69) is 10.6 Å². The van der Waals surface area contributed by atoms with Gasteiger partial charge in [0.1, 0.15) is 0 Å². The van der Waals surface area contributed by atoms with Crippen molar-refractivity contribution in [3.63, 3.8) is 0 Å². The van der Waals surface area contributed by atoms with Crippen LogP contribution in [-0.2, 0) is 11.2 Å². The number of rotatable bonds is 8. The zero-order chi connectivity index (χ0) is 17.4. The quantitative estimate of drug-likeness (QED) is 0.688. The first-order chi connectivity index (χ1) is 11.6. The van der Waals surface area contributed by atoms with Gasteiger partial charge in [-0.1, -0.05) is 60.1 Å². The van der Waals surface area contributed by atoms with Gasteiger partial charge in [0.2, 0.25) is 5.91 Å². The van der Waals surface area contributed by atoms with Crippen molar-refractivity contribution in [2.45, 2.75) is 25.5 Å². The maximum absolute atomic E-state index is 12.0. The molecule has 0 aromatic heterocycles. The Morgan fingerprint density at radius 2 is 1.75 bits per heavy atom. The van der Waals surface area contributed by atoms with E-state index in [1.54, 1.807) is 6.07 Å². The Hall–Kier alpha value is -1.88. The van der Waals surface area contributed by atoms with Gasteiger partial charge in [0.25, 0.3) is 0 Å². The molecule has 0 unspecified atom stereocenters. The second kappa shape index (κ2) is 9.42. The van der Waals surface area contributed by atoms with Gasteiger partial charge in [-0.3, -0.25) is 4.79 Å². The van der Waals surface area contributed by atoms with E-state index in [1.807, 2.05) is 55.5 Å². The Morgan fingerprint density at radius 1 is 1.08 bits per heavy atom. The van der Waals surface area contributed by atoms with Crippen LogP contribution in [0.5, 0.6) is 0 Å². The van der Waals surface area contributed by atoms with E-state index in [1.165, 1.54) is 0 Å². The molecule has 3 N–H and O–H groups in total. The molecule has 1 amide bonds. The minimum atomic E-state index is -0.563. The van der Waals surface area contributed by atoms with Gasteiger partial charge in [0.05, 0.1) is 12.5 Å². The van der Waals surface area contributed by atoms with Crippen molar-refractivity contribution < 1.29 is 9.90 Å². The number of aliphatic hydroxyl groups excluding tert-OH is 1. The summed E-state index contributed by atoms with van der Waals surface area (Å²) in [6.07, 6.45) is -0.300. The summed E-state index contributed by atoms with van der Waals surface area (Å²) in [7, 11) is 0. The zero-order valence-electron chi connectivity index (χ0n) is 13.7. The standard InChI is InChI=1S/C19H23ClN2O2/c1-14(21-13-18(23)15-7-3-2-4-8-15)12-22-19(24)11-16-9-5-6-10-17(16)20/h2-10,14,18,21,23H,11-13H2,1H3,(H,22,24)/t14-,18+/m0/s1. The van der Waals surface area contributed by atoms with Gasteiger partial charge in [0, 0.05) is 24.2 Å². The van der Waals surface area contributed by atoms with Crippen LogP contribution in [0.1, 0.15) is 24.2 Å². The SMILES string of the molecule is C[C@@H](CNC(=O)Cc1ccccc1Cl)NC[C@@H](O)c1ccccc1. The number of carbonyl (C=O) groups excluding carboxylic acids is 1. The van der Waals surface area contributed by atoms with Crippen LogP contribution >= 0.6 is 11.6 Å². The summed E-state index contributed by atoms with van der Waals surface area (Å²) in [5.74, 6) is -0.0691. The molecule has 4 nitrogen and oxygen atoms in total. The maximum Gasteiger partial charge on any atom is 0.224 e. The van der Waals surface area contributed by atoms with E-state index in [-0.39, 0.29) is 18.4 Å². The number of halogens is 1. The lowest BCUT2D eigenvalue weighted by Crippen LogP contribution is -2.41. The fourth-order valence-electron chi connectivity index (χ4n) is 2.32. The Labute approximate surface area is 147 Å². The highest BCUT2D eigenvalue weighted by Crippen LogP contribution is 2.15. The molecule has 0 aliphatic rings. The van der Waals surface area contributed by atoms with Crippen molar-refractivity contribution in [2.24, 2.45) is 0 Å². The van der Waals surface area contributed by atoms with Gasteiger partial charge in [-0.05, 0) is 24.1 Å². The average Bonchev–Trinajstić information content (AvgIpc) is 2.60. The normalized spacial score (nSPS) is 13.3. The second-order valence-corrected chi connectivity index (χ2v) is 6.22. The third kappa shape index (κ3) is 5.96. The fourth-order valence-corrected chi connectivity index (χ4v) is 2.52. The van der Waals surface area contributed by atoms with Crippen molar-refractivity contribution in [1.29, 1.82) is 0 Å². The molecule has 0 aliphatic carbocycles. The molecular weight excluding hydrogens is 324 g/mol. The lowest BCUT2D eigenvalue weighted by molar-refractivity contribution is -0.120. The topological polar surface area (TPSA) is 61.4 Å². The highest BCUT2D eigenvalue weighted by atomic mass is 35.5. The summed E-state index contributed by atoms with van der Waals surface area (Å²) >= 11 is 6.05. The molecule has 2 aromatic carbocycles. The van der Waals surface area contributed by atoms with Crippen LogP contribution in [-0.4, -0.2) is 30.1 Å². The maximum atomic E-state index is 12.0. The largest absolute Gasteiger partial charge is 0.387 e. The minimum Gasteiger partial charge on any atom is -0.387 e. The van der Waals surface area contributed by atoms with Crippen molar-refractivity contribution in [3.05, 3.63) is 70.7 Å². The third-order valence-electron chi connectivity index (χ3n) is 3.76. The zero-order valence-corrected chi connectivity index (χ0v) is 14.5. The number of aliphatic hydroxyl groups is 1. The third-order valence-corrected chi connectivity index (χ3v) is 4.13. The summed E-state index contributed by atoms with van der Waals surface area (Å²) in [5, 5.41) is 16.8. The van der Waals surface area contributed by atoms with E-state index in [0.717, 1.165) is 11.1 Å². The van der Waals surface area contributed by atoms with Gasteiger partial charge in [0.15, 0.2) is 0 Å². The summed E-state index contributed by atoms with van der Waals surface area (Å²) < 4.78 is 0. The molecule has 5 heteroatoms. The number of hydrogen-bond acceptors (Lipinski definition) is 3. The van der Waals surface area contributed by atoms with Crippen LogP contribution < -0.4 is 10.6 Å². The molecule has 2 rings (SSSR count). The molecule has 0 saturated heterocycles. The van der Waals surface area contributed by atoms with Crippen molar-refractivity contribution in [3.8, 4) is 0 Å². The first kappa shape index (κ1) is 18.5. The van der Waals surface area contributed by atoms with Crippen LogP contribution in [0.25, 0.3) is 0 Å². The van der Waals surface area contributed by atoms with Crippen LogP contribution in [0.3, 0.4) is 0 Å². The highest BCUT2D eigenvalue weighted by Gasteiger charge is 2.11. The lowest BCUT2D eigenvalue weighted by Gasteiger charge is -2.18. The first-order valence-electron chi connectivity index (χ1n) is 8.02. The van der Waals surface area contributed by atoms with E-state index >= 15 is 0 Å². The van der Waals surface area contributed by atoms with E-state index in [0.29, 0.717) is 18.1 Å². The van der Waals surface area contributed by atoms with Crippen molar-refractivity contribution in [2.75, 3.05) is 13.1 Å². The molecule has 0 saturated carbocycles. The summed E-state index contributed by atoms with van der Waals surface area (Å²) in [6, 6.07) is 16.9. The number of benzene rings is 2. The van der Waals surface area contributed by atoms with Crippen LogP contribution in [0.4, 0.5) is 0 Å². The molecule has 128 valence electrons. The summed E-state index contributed by atoms with van der Waals surface area (Å²) in [6.45, 7) is 2.89. The lowest BCUT2D eigenvalue weighted by atomic mass is 10.1.